The third kappa shape index (κ3) is 5.91. The zero-order valence-corrected chi connectivity index (χ0v) is 16.1. The first-order valence-electron chi connectivity index (χ1n) is 9.03. The maximum Gasteiger partial charge on any atom is 0.374 e. The predicted octanol–water partition coefficient (Wildman–Crippen LogP) is 3.95. The van der Waals surface area contributed by atoms with Gasteiger partial charge < -0.3 is 18.8 Å². The molecule has 0 unspecified atom stereocenters. The van der Waals surface area contributed by atoms with Crippen LogP contribution in [0, 0.1) is 11.6 Å². The van der Waals surface area contributed by atoms with Crippen LogP contribution in [0.15, 0.2) is 65.1 Å². The molecular weight excluding hydrogens is 396 g/mol. The van der Waals surface area contributed by atoms with Crippen LogP contribution in [-0.4, -0.2) is 30.4 Å². The molecule has 0 saturated heterocycles. The number of hydrogen-bond donors (Lipinski definition) is 0. The SMILES string of the molecule is CN(Cc1ccc(F)cc1)C(=O)COC(=O)c1ccc(COc2ccc(F)cc2)o1. The van der Waals surface area contributed by atoms with Crippen molar-refractivity contribution in [1.82, 2.24) is 4.90 Å². The van der Waals surface area contributed by atoms with E-state index in [0.29, 0.717) is 11.5 Å². The molecule has 0 radical (unpaired) electrons. The van der Waals surface area contributed by atoms with Crippen molar-refractivity contribution in [3.05, 3.63) is 89.4 Å². The van der Waals surface area contributed by atoms with Gasteiger partial charge in [0.15, 0.2) is 6.61 Å². The topological polar surface area (TPSA) is 69.0 Å². The molecule has 3 rings (SSSR count). The molecule has 8 heteroatoms. The van der Waals surface area contributed by atoms with Crippen LogP contribution in [0.3, 0.4) is 0 Å². The van der Waals surface area contributed by atoms with Crippen LogP contribution in [0.5, 0.6) is 5.75 Å². The molecule has 1 amide bonds. The Hall–Kier alpha value is -3.68. The van der Waals surface area contributed by atoms with Gasteiger partial charge in [0.25, 0.3) is 5.91 Å². The van der Waals surface area contributed by atoms with E-state index in [9.17, 15) is 18.4 Å². The fraction of sp³-hybridized carbons (Fsp3) is 0.182. The van der Waals surface area contributed by atoms with Crippen LogP contribution < -0.4 is 4.74 Å². The number of amides is 1. The maximum atomic E-state index is 12.9. The zero-order valence-electron chi connectivity index (χ0n) is 16.1. The molecular formula is C22H19F2NO5. The van der Waals surface area contributed by atoms with Crippen LogP contribution >= 0.6 is 0 Å². The number of carbonyl (C=O) groups excluding carboxylic acids is 2. The second-order valence-electron chi connectivity index (χ2n) is 6.46. The normalized spacial score (nSPS) is 10.5. The van der Waals surface area contributed by atoms with Crippen molar-refractivity contribution in [3.63, 3.8) is 0 Å². The lowest BCUT2D eigenvalue weighted by atomic mass is 10.2. The number of benzene rings is 2. The van der Waals surface area contributed by atoms with E-state index < -0.39 is 18.5 Å². The summed E-state index contributed by atoms with van der Waals surface area (Å²) in [6.45, 7) is -0.167. The van der Waals surface area contributed by atoms with Gasteiger partial charge in [0, 0.05) is 13.6 Å². The smallest absolute Gasteiger partial charge is 0.374 e. The number of hydrogen-bond acceptors (Lipinski definition) is 5. The highest BCUT2D eigenvalue weighted by Gasteiger charge is 2.17. The van der Waals surface area contributed by atoms with Crippen LogP contribution in [0.4, 0.5) is 8.78 Å². The van der Waals surface area contributed by atoms with Crippen molar-refractivity contribution in [2.75, 3.05) is 13.7 Å². The fourth-order valence-electron chi connectivity index (χ4n) is 2.51. The molecule has 0 saturated carbocycles. The van der Waals surface area contributed by atoms with E-state index in [1.165, 1.54) is 47.4 Å². The number of furan rings is 1. The summed E-state index contributed by atoms with van der Waals surface area (Å²) in [7, 11) is 1.55. The number of ether oxygens (including phenoxy) is 2. The van der Waals surface area contributed by atoms with Crippen molar-refractivity contribution in [3.8, 4) is 5.75 Å². The number of rotatable bonds is 8. The first-order chi connectivity index (χ1) is 14.4. The van der Waals surface area contributed by atoms with Gasteiger partial charge in [-0.05, 0) is 54.1 Å². The largest absolute Gasteiger partial charge is 0.486 e. The molecule has 0 N–H and O–H groups in total. The van der Waals surface area contributed by atoms with E-state index in [0.717, 1.165) is 5.56 Å². The number of esters is 1. The van der Waals surface area contributed by atoms with Gasteiger partial charge in [-0.2, -0.15) is 0 Å². The molecule has 1 aromatic heterocycles. The molecule has 0 atom stereocenters. The maximum absolute atomic E-state index is 12.9. The third-order valence-electron chi connectivity index (χ3n) is 4.14. The van der Waals surface area contributed by atoms with Gasteiger partial charge >= 0.3 is 5.97 Å². The minimum Gasteiger partial charge on any atom is -0.486 e. The Balaban J connectivity index is 1.45. The Morgan fingerprint density at radius 3 is 2.23 bits per heavy atom. The van der Waals surface area contributed by atoms with E-state index in [1.54, 1.807) is 25.2 Å². The standard InChI is InChI=1S/C22H19F2NO5/c1-25(12-15-2-4-16(23)5-3-15)21(26)14-29-22(27)20-11-10-19(30-20)13-28-18-8-6-17(24)7-9-18/h2-11H,12-14H2,1H3. The van der Waals surface area contributed by atoms with Crippen LogP contribution in [0.2, 0.25) is 0 Å². The van der Waals surface area contributed by atoms with E-state index in [-0.39, 0.29) is 30.5 Å². The molecule has 156 valence electrons. The summed E-state index contributed by atoms with van der Waals surface area (Å²) < 4.78 is 41.6. The van der Waals surface area contributed by atoms with Gasteiger partial charge in [0.05, 0.1) is 0 Å². The van der Waals surface area contributed by atoms with Gasteiger partial charge in [-0.15, -0.1) is 0 Å². The summed E-state index contributed by atoms with van der Waals surface area (Å²) in [6, 6.07) is 14.2. The highest BCUT2D eigenvalue weighted by Crippen LogP contribution is 2.16. The van der Waals surface area contributed by atoms with Crippen molar-refractivity contribution in [1.29, 1.82) is 0 Å². The van der Waals surface area contributed by atoms with Gasteiger partial charge in [0.1, 0.15) is 29.8 Å². The average molecular weight is 415 g/mol. The molecule has 1 heterocycles. The van der Waals surface area contributed by atoms with Gasteiger partial charge in [-0.25, -0.2) is 13.6 Å². The lowest BCUT2D eigenvalue weighted by Gasteiger charge is -2.17. The zero-order chi connectivity index (χ0) is 21.5. The summed E-state index contributed by atoms with van der Waals surface area (Å²) in [6.07, 6.45) is 0. The molecule has 0 aliphatic rings. The van der Waals surface area contributed by atoms with Crippen LogP contribution in [0.1, 0.15) is 21.9 Å². The van der Waals surface area contributed by atoms with Crippen molar-refractivity contribution in [2.45, 2.75) is 13.2 Å². The molecule has 30 heavy (non-hydrogen) atoms. The number of carbonyl (C=O) groups is 2. The first-order valence-corrected chi connectivity index (χ1v) is 9.03. The van der Waals surface area contributed by atoms with Crippen LogP contribution in [0.25, 0.3) is 0 Å². The number of likely N-dealkylation sites (N-methyl/N-ethyl adjacent to an activating group) is 1. The minimum atomic E-state index is -0.786. The van der Waals surface area contributed by atoms with E-state index in [2.05, 4.69) is 0 Å². The highest BCUT2D eigenvalue weighted by atomic mass is 19.1. The summed E-state index contributed by atoms with van der Waals surface area (Å²) in [5, 5.41) is 0. The molecule has 0 aliphatic heterocycles. The quantitative estimate of drug-likeness (QED) is 0.521. The van der Waals surface area contributed by atoms with Gasteiger partial charge in [0.2, 0.25) is 5.76 Å². The first kappa shape index (κ1) is 21.0. The lowest BCUT2D eigenvalue weighted by Crippen LogP contribution is -2.30. The summed E-state index contributed by atoms with van der Waals surface area (Å²) in [5.41, 5.74) is 0.746. The summed E-state index contributed by atoms with van der Waals surface area (Å²) in [5.74, 6) is -1.18. The molecule has 3 aromatic rings. The third-order valence-corrected chi connectivity index (χ3v) is 4.14. The second kappa shape index (κ2) is 9.69. The molecule has 0 bridgehead atoms. The molecule has 0 fully saturated rings. The molecule has 0 spiro atoms. The Morgan fingerprint density at radius 1 is 0.933 bits per heavy atom. The van der Waals surface area contributed by atoms with Gasteiger partial charge in [-0.3, -0.25) is 4.79 Å². The van der Waals surface area contributed by atoms with E-state index in [1.807, 2.05) is 0 Å². The van der Waals surface area contributed by atoms with Crippen LogP contribution in [-0.2, 0) is 22.7 Å². The molecule has 2 aromatic carbocycles. The summed E-state index contributed by atoms with van der Waals surface area (Å²) in [4.78, 5) is 25.6. The molecule has 0 aliphatic carbocycles. The average Bonchev–Trinajstić information content (AvgIpc) is 3.22. The Morgan fingerprint density at radius 2 is 1.57 bits per heavy atom. The minimum absolute atomic E-state index is 0.0399. The fourth-order valence-corrected chi connectivity index (χ4v) is 2.51. The lowest BCUT2D eigenvalue weighted by molar-refractivity contribution is -0.133. The number of nitrogens with zero attached hydrogens (tertiary/aromatic N) is 1. The van der Waals surface area contributed by atoms with E-state index >= 15 is 0 Å². The Bertz CT molecular complexity index is 999. The summed E-state index contributed by atoms with van der Waals surface area (Å²) >= 11 is 0. The van der Waals surface area contributed by atoms with Gasteiger partial charge in [-0.1, -0.05) is 12.1 Å². The highest BCUT2D eigenvalue weighted by molar-refractivity contribution is 5.88. The second-order valence-corrected chi connectivity index (χ2v) is 6.46. The van der Waals surface area contributed by atoms with Crippen molar-refractivity contribution < 1.29 is 32.3 Å². The van der Waals surface area contributed by atoms with Crippen molar-refractivity contribution in [2.24, 2.45) is 0 Å². The van der Waals surface area contributed by atoms with Crippen molar-refractivity contribution >= 4 is 11.9 Å². The number of halogens is 2. The van der Waals surface area contributed by atoms with E-state index in [4.69, 9.17) is 13.9 Å². The molecule has 6 nitrogen and oxygen atoms in total. The Kier molecular flexibility index (Phi) is 6.79. The Labute approximate surface area is 171 Å². The predicted molar refractivity (Wildman–Crippen MR) is 103 cm³/mol. The monoisotopic (exact) mass is 415 g/mol.